The zero-order chi connectivity index (χ0) is 26.2. The minimum absolute atomic E-state index is 0.0818. The minimum atomic E-state index is 0.0818. The van der Waals surface area contributed by atoms with Crippen LogP contribution < -0.4 is 14.2 Å². The molecule has 0 spiro atoms. The maximum absolute atomic E-state index is 6.68. The van der Waals surface area contributed by atoms with E-state index in [9.17, 15) is 0 Å². The van der Waals surface area contributed by atoms with Crippen LogP contribution in [-0.4, -0.2) is 29.9 Å². The summed E-state index contributed by atoms with van der Waals surface area (Å²) in [5.74, 6) is 3.41. The van der Waals surface area contributed by atoms with Gasteiger partial charge < -0.3 is 14.2 Å². The van der Waals surface area contributed by atoms with Crippen molar-refractivity contribution in [2.45, 2.75) is 71.8 Å². The van der Waals surface area contributed by atoms with Gasteiger partial charge in [0.1, 0.15) is 22.8 Å². The maximum Gasteiger partial charge on any atom is 0.158 e. The zero-order valence-corrected chi connectivity index (χ0v) is 22.9. The summed E-state index contributed by atoms with van der Waals surface area (Å²) in [5, 5.41) is 0. The summed E-state index contributed by atoms with van der Waals surface area (Å²) in [6.45, 7) is 6.60. The fraction of sp³-hybridized carbons (Fsp3) is 0.406. The first-order chi connectivity index (χ1) is 18.1. The Morgan fingerprint density at radius 2 is 1.59 bits per heavy atom. The lowest BCUT2D eigenvalue weighted by Gasteiger charge is -2.21. The van der Waals surface area contributed by atoms with E-state index in [0.29, 0.717) is 0 Å². The van der Waals surface area contributed by atoms with Gasteiger partial charge in [-0.1, -0.05) is 63.4 Å². The second kappa shape index (κ2) is 12.7. The highest BCUT2D eigenvalue weighted by atomic mass is 16.5. The normalized spacial score (nSPS) is 12.0. The molecule has 0 aliphatic carbocycles. The molecule has 3 aromatic carbocycles. The van der Waals surface area contributed by atoms with Gasteiger partial charge in [-0.05, 0) is 56.0 Å². The number of nitrogens with zero attached hydrogens (tertiary/aromatic N) is 2. The van der Waals surface area contributed by atoms with E-state index in [-0.39, 0.29) is 6.10 Å². The molecule has 196 valence electrons. The van der Waals surface area contributed by atoms with Crippen molar-refractivity contribution in [2.75, 3.05) is 14.2 Å². The molecule has 4 aromatic rings. The van der Waals surface area contributed by atoms with Crippen LogP contribution in [0.1, 0.15) is 65.1 Å². The third kappa shape index (κ3) is 5.93. The predicted molar refractivity (Wildman–Crippen MR) is 152 cm³/mol. The van der Waals surface area contributed by atoms with Crippen LogP contribution >= 0.6 is 0 Å². The minimum Gasteiger partial charge on any atom is -0.497 e. The van der Waals surface area contributed by atoms with Crippen LogP contribution in [0.5, 0.6) is 17.2 Å². The van der Waals surface area contributed by atoms with Crippen LogP contribution in [0.15, 0.2) is 60.7 Å². The molecule has 0 radical (unpaired) electrons. The molecule has 5 nitrogen and oxygen atoms in total. The molecule has 1 aromatic heterocycles. The zero-order valence-electron chi connectivity index (χ0n) is 22.9. The average Bonchev–Trinajstić information content (AvgIpc) is 3.29. The van der Waals surface area contributed by atoms with E-state index in [4.69, 9.17) is 19.2 Å². The Morgan fingerprint density at radius 3 is 2.24 bits per heavy atom. The fourth-order valence-corrected chi connectivity index (χ4v) is 4.86. The molecule has 1 heterocycles. The van der Waals surface area contributed by atoms with Crippen molar-refractivity contribution in [3.63, 3.8) is 0 Å². The first kappa shape index (κ1) is 26.6. The highest BCUT2D eigenvalue weighted by Gasteiger charge is 2.24. The Balaban J connectivity index is 1.94. The van der Waals surface area contributed by atoms with Crippen molar-refractivity contribution in [2.24, 2.45) is 0 Å². The van der Waals surface area contributed by atoms with Crippen molar-refractivity contribution >= 4 is 11.0 Å². The number of rotatable bonds is 13. The van der Waals surface area contributed by atoms with Gasteiger partial charge in [-0.2, -0.15) is 0 Å². The number of para-hydroxylation sites is 1. The highest BCUT2D eigenvalue weighted by molar-refractivity contribution is 5.95. The Hall–Kier alpha value is -3.47. The summed E-state index contributed by atoms with van der Waals surface area (Å²) in [6.07, 6.45) is 7.72. The largest absolute Gasteiger partial charge is 0.497 e. The summed E-state index contributed by atoms with van der Waals surface area (Å²) >= 11 is 0. The van der Waals surface area contributed by atoms with Crippen molar-refractivity contribution in [3.8, 4) is 34.1 Å². The lowest BCUT2D eigenvalue weighted by molar-refractivity contribution is 0.207. The number of hydrogen-bond donors (Lipinski definition) is 0. The van der Waals surface area contributed by atoms with Crippen LogP contribution in [-0.2, 0) is 6.42 Å². The molecule has 5 heteroatoms. The number of imidazole rings is 1. The smallest absolute Gasteiger partial charge is 0.158 e. The van der Waals surface area contributed by atoms with Gasteiger partial charge >= 0.3 is 0 Å². The number of ether oxygens (including phenoxy) is 3. The third-order valence-corrected chi connectivity index (χ3v) is 6.83. The molecule has 1 atom stereocenters. The summed E-state index contributed by atoms with van der Waals surface area (Å²) < 4.78 is 20.5. The number of fused-ring (bicyclic) bond motifs is 1. The Morgan fingerprint density at radius 1 is 0.865 bits per heavy atom. The number of unbranched alkanes of at least 4 members (excludes halogenated alkanes) is 3. The monoisotopic (exact) mass is 500 g/mol. The first-order valence-electron chi connectivity index (χ1n) is 13.6. The molecule has 1 unspecified atom stereocenters. The van der Waals surface area contributed by atoms with Gasteiger partial charge in [0, 0.05) is 18.2 Å². The van der Waals surface area contributed by atoms with Crippen LogP contribution in [0.2, 0.25) is 0 Å². The molecule has 0 aliphatic rings. The van der Waals surface area contributed by atoms with E-state index >= 15 is 0 Å². The molecular weight excluding hydrogens is 460 g/mol. The molecule has 0 bridgehead atoms. The van der Waals surface area contributed by atoms with Crippen molar-refractivity contribution < 1.29 is 14.2 Å². The lowest BCUT2D eigenvalue weighted by Crippen LogP contribution is -2.12. The summed E-state index contributed by atoms with van der Waals surface area (Å²) in [6, 6.07) is 20.7. The SMILES string of the molecule is CCCCCC(C)Oc1cc2c(nc(CCCC)n2-c2ccccc2)c(OC)c1-c1ccc(OC)cc1. The summed E-state index contributed by atoms with van der Waals surface area (Å²) in [4.78, 5) is 5.16. The van der Waals surface area contributed by atoms with Gasteiger partial charge in [0.25, 0.3) is 0 Å². The molecule has 0 aliphatic heterocycles. The topological polar surface area (TPSA) is 45.5 Å². The molecule has 0 fully saturated rings. The molecule has 0 saturated carbocycles. The van der Waals surface area contributed by atoms with Crippen molar-refractivity contribution in [3.05, 3.63) is 66.5 Å². The molecule has 0 amide bonds. The quantitative estimate of drug-likeness (QED) is 0.173. The Labute approximate surface area is 221 Å². The molecule has 4 rings (SSSR count). The van der Waals surface area contributed by atoms with Crippen molar-refractivity contribution in [1.82, 2.24) is 9.55 Å². The third-order valence-electron chi connectivity index (χ3n) is 6.83. The molecular formula is C32H40N2O3. The second-order valence-corrected chi connectivity index (χ2v) is 9.61. The van der Waals surface area contributed by atoms with Gasteiger partial charge in [0.15, 0.2) is 5.75 Å². The van der Waals surface area contributed by atoms with Gasteiger partial charge in [-0.25, -0.2) is 4.98 Å². The predicted octanol–water partition coefficient (Wildman–Crippen LogP) is 8.40. The van der Waals surface area contributed by atoms with Gasteiger partial charge in [-0.15, -0.1) is 0 Å². The van der Waals surface area contributed by atoms with Crippen LogP contribution in [0.25, 0.3) is 27.8 Å². The van der Waals surface area contributed by atoms with E-state index in [2.05, 4.69) is 67.8 Å². The Kier molecular flexibility index (Phi) is 9.10. The summed E-state index contributed by atoms with van der Waals surface area (Å²) in [5.41, 5.74) is 4.90. The van der Waals surface area contributed by atoms with Crippen LogP contribution in [0.3, 0.4) is 0 Å². The maximum atomic E-state index is 6.68. The average molecular weight is 501 g/mol. The molecule has 37 heavy (non-hydrogen) atoms. The second-order valence-electron chi connectivity index (χ2n) is 9.61. The lowest BCUT2D eigenvalue weighted by atomic mass is 10.0. The number of aryl methyl sites for hydroxylation is 1. The number of methoxy groups -OCH3 is 2. The fourth-order valence-electron chi connectivity index (χ4n) is 4.86. The summed E-state index contributed by atoms with van der Waals surface area (Å²) in [7, 11) is 3.41. The van der Waals surface area contributed by atoms with Gasteiger partial charge in [-0.3, -0.25) is 4.57 Å². The van der Waals surface area contributed by atoms with Crippen LogP contribution in [0, 0.1) is 0 Å². The Bertz CT molecular complexity index is 1280. The standard InChI is InChI=1S/C32H40N2O3/c1-6-8-11-14-23(3)37-28-22-27-31(32(36-5)30(28)24-18-20-26(35-4)21-19-24)33-29(17-9-7-2)34(27)25-15-12-10-13-16-25/h10,12-13,15-16,18-23H,6-9,11,14,17H2,1-5H3. The number of benzene rings is 3. The van der Waals surface area contributed by atoms with E-state index in [1.165, 1.54) is 12.8 Å². The van der Waals surface area contributed by atoms with Gasteiger partial charge in [0.2, 0.25) is 0 Å². The number of aromatic nitrogens is 2. The molecule has 0 saturated heterocycles. The van der Waals surface area contributed by atoms with Crippen molar-refractivity contribution in [1.29, 1.82) is 0 Å². The van der Waals surface area contributed by atoms with Gasteiger partial charge in [0.05, 0.1) is 31.4 Å². The first-order valence-corrected chi connectivity index (χ1v) is 13.6. The van der Waals surface area contributed by atoms with E-state index in [0.717, 1.165) is 83.0 Å². The highest BCUT2D eigenvalue weighted by Crippen LogP contribution is 2.45. The van der Waals surface area contributed by atoms with E-state index in [1.807, 2.05) is 18.2 Å². The molecule has 0 N–H and O–H groups in total. The van der Waals surface area contributed by atoms with E-state index in [1.54, 1.807) is 14.2 Å². The van der Waals surface area contributed by atoms with Crippen LogP contribution in [0.4, 0.5) is 0 Å². The number of hydrogen-bond acceptors (Lipinski definition) is 4. The van der Waals surface area contributed by atoms with E-state index < -0.39 is 0 Å².